The molecule has 206 valence electrons. The van der Waals surface area contributed by atoms with E-state index >= 15 is 0 Å². The zero-order valence-corrected chi connectivity index (χ0v) is 22.0. The molecule has 0 aliphatic heterocycles. The summed E-state index contributed by atoms with van der Waals surface area (Å²) >= 11 is 0. The Morgan fingerprint density at radius 2 is 1.78 bits per heavy atom. The van der Waals surface area contributed by atoms with Crippen LogP contribution >= 0.6 is 0 Å². The van der Waals surface area contributed by atoms with Gasteiger partial charge in [0.15, 0.2) is 0 Å². The number of aromatic nitrogens is 4. The second-order valence-electron chi connectivity index (χ2n) is 10.1. The number of nitrogens with zero attached hydrogens (tertiary/aromatic N) is 4. The SMILES string of the molecule is O=C(Nc1ccc(-c2cc(C3CCCC3)n(C(=O)NCc3cccc(F)c3)n2)c(O)c1)c1cnc2ccccc2n1. The molecule has 1 saturated carbocycles. The fourth-order valence-electron chi connectivity index (χ4n) is 5.19. The number of rotatable bonds is 6. The van der Waals surface area contributed by atoms with Gasteiger partial charge in [0.05, 0.1) is 28.6 Å². The maximum Gasteiger partial charge on any atom is 0.342 e. The summed E-state index contributed by atoms with van der Waals surface area (Å²) in [5, 5.41) is 21.0. The number of fused-ring (bicyclic) bond motifs is 1. The van der Waals surface area contributed by atoms with Crippen LogP contribution in [0.15, 0.2) is 79.0 Å². The Balaban J connectivity index is 1.23. The van der Waals surface area contributed by atoms with E-state index < -0.39 is 11.9 Å². The first-order chi connectivity index (χ1) is 19.9. The number of amides is 2. The predicted octanol–water partition coefficient (Wildman–Crippen LogP) is 6.01. The number of phenols is 1. The molecule has 3 aromatic carbocycles. The Hall–Kier alpha value is -5.12. The van der Waals surface area contributed by atoms with Gasteiger partial charge in [-0.1, -0.05) is 37.1 Å². The van der Waals surface area contributed by atoms with Crippen LogP contribution < -0.4 is 10.6 Å². The van der Waals surface area contributed by atoms with Crippen molar-refractivity contribution in [3.05, 3.63) is 102 Å². The highest BCUT2D eigenvalue weighted by molar-refractivity contribution is 6.03. The van der Waals surface area contributed by atoms with Crippen molar-refractivity contribution in [2.45, 2.75) is 38.1 Å². The number of hydrogen-bond acceptors (Lipinski definition) is 6. The minimum atomic E-state index is -0.460. The largest absolute Gasteiger partial charge is 0.507 e. The summed E-state index contributed by atoms with van der Waals surface area (Å²) in [6.45, 7) is 0.150. The van der Waals surface area contributed by atoms with E-state index in [-0.39, 0.29) is 29.7 Å². The van der Waals surface area contributed by atoms with Crippen LogP contribution in [0.25, 0.3) is 22.3 Å². The van der Waals surface area contributed by atoms with Gasteiger partial charge in [-0.05, 0) is 60.9 Å². The third kappa shape index (κ3) is 5.62. The molecule has 41 heavy (non-hydrogen) atoms. The Morgan fingerprint density at radius 1 is 0.976 bits per heavy atom. The van der Waals surface area contributed by atoms with Crippen LogP contribution in [-0.4, -0.2) is 36.8 Å². The first kappa shape index (κ1) is 26.1. The summed E-state index contributed by atoms with van der Waals surface area (Å²) in [6.07, 6.45) is 5.42. The number of benzene rings is 3. The molecule has 10 heteroatoms. The topological polar surface area (TPSA) is 122 Å². The van der Waals surface area contributed by atoms with Gasteiger partial charge in [-0.3, -0.25) is 9.78 Å². The normalized spacial score (nSPS) is 13.4. The number of carbonyl (C=O) groups is 2. The van der Waals surface area contributed by atoms with Crippen molar-refractivity contribution in [2.75, 3.05) is 5.32 Å². The smallest absolute Gasteiger partial charge is 0.342 e. The van der Waals surface area contributed by atoms with Gasteiger partial charge in [0.1, 0.15) is 17.3 Å². The lowest BCUT2D eigenvalue weighted by atomic mass is 10.0. The molecule has 0 unspecified atom stereocenters. The van der Waals surface area contributed by atoms with E-state index in [9.17, 15) is 19.1 Å². The fourth-order valence-corrected chi connectivity index (χ4v) is 5.19. The van der Waals surface area contributed by atoms with Gasteiger partial charge in [-0.2, -0.15) is 9.78 Å². The third-order valence-electron chi connectivity index (χ3n) is 7.25. The highest BCUT2D eigenvalue weighted by Crippen LogP contribution is 2.38. The van der Waals surface area contributed by atoms with E-state index in [0.717, 1.165) is 31.4 Å². The third-order valence-corrected chi connectivity index (χ3v) is 7.25. The van der Waals surface area contributed by atoms with E-state index in [2.05, 4.69) is 25.7 Å². The second-order valence-corrected chi connectivity index (χ2v) is 10.1. The van der Waals surface area contributed by atoms with Crippen molar-refractivity contribution in [2.24, 2.45) is 0 Å². The van der Waals surface area contributed by atoms with Crippen molar-refractivity contribution in [1.29, 1.82) is 0 Å². The Bertz CT molecular complexity index is 1760. The number of hydrogen-bond donors (Lipinski definition) is 3. The van der Waals surface area contributed by atoms with Crippen molar-refractivity contribution < 1.29 is 19.1 Å². The second kappa shape index (κ2) is 11.2. The van der Waals surface area contributed by atoms with Crippen molar-refractivity contribution in [3.8, 4) is 17.0 Å². The molecule has 9 nitrogen and oxygen atoms in total. The fraction of sp³-hybridized carbons (Fsp3) is 0.194. The van der Waals surface area contributed by atoms with Crippen LogP contribution in [0, 0.1) is 5.82 Å². The minimum Gasteiger partial charge on any atom is -0.507 e. The molecular formula is C31H27FN6O3. The standard InChI is InChI=1S/C31H27FN6O3/c32-21-9-5-6-19(14-21)17-34-31(41)38-28(20-7-1-2-8-20)16-26(37-38)23-13-12-22(15-29(23)39)35-30(40)27-18-33-24-10-3-4-11-25(24)36-27/h3-6,9-16,18,20,39H,1-2,7-8,17H2,(H,34,41)(H,35,40). The van der Waals surface area contributed by atoms with Crippen LogP contribution in [0.5, 0.6) is 5.75 Å². The van der Waals surface area contributed by atoms with E-state index in [1.807, 2.05) is 24.3 Å². The quantitative estimate of drug-likeness (QED) is 0.238. The van der Waals surface area contributed by atoms with Crippen molar-refractivity contribution in [1.82, 2.24) is 25.1 Å². The number of para-hydroxylation sites is 2. The van der Waals surface area contributed by atoms with Gasteiger partial charge < -0.3 is 15.7 Å². The maximum absolute atomic E-state index is 13.6. The van der Waals surface area contributed by atoms with Gasteiger partial charge in [0.2, 0.25) is 0 Å². The van der Waals surface area contributed by atoms with E-state index in [0.29, 0.717) is 33.5 Å². The van der Waals surface area contributed by atoms with Crippen LogP contribution in [0.1, 0.15) is 53.3 Å². The number of nitrogens with one attached hydrogen (secondary N) is 2. The molecule has 6 rings (SSSR count). The van der Waals surface area contributed by atoms with Crippen molar-refractivity contribution in [3.63, 3.8) is 0 Å². The van der Waals surface area contributed by atoms with Crippen LogP contribution in [-0.2, 0) is 6.54 Å². The zero-order chi connectivity index (χ0) is 28.3. The first-order valence-electron chi connectivity index (χ1n) is 13.4. The highest BCUT2D eigenvalue weighted by Gasteiger charge is 2.26. The van der Waals surface area contributed by atoms with Gasteiger partial charge >= 0.3 is 6.03 Å². The summed E-state index contributed by atoms with van der Waals surface area (Å²) in [5.41, 5.74) is 4.06. The van der Waals surface area contributed by atoms with Gasteiger partial charge in [0.25, 0.3) is 5.91 Å². The molecule has 5 aromatic rings. The maximum atomic E-state index is 13.6. The summed E-state index contributed by atoms with van der Waals surface area (Å²) in [4.78, 5) is 34.6. The molecule has 1 aliphatic rings. The summed E-state index contributed by atoms with van der Waals surface area (Å²) in [7, 11) is 0. The molecule has 1 aliphatic carbocycles. The van der Waals surface area contributed by atoms with Gasteiger partial charge in [-0.15, -0.1) is 0 Å². The van der Waals surface area contributed by atoms with E-state index in [4.69, 9.17) is 0 Å². The molecule has 0 saturated heterocycles. The van der Waals surface area contributed by atoms with Gasteiger partial charge in [-0.25, -0.2) is 14.2 Å². The predicted molar refractivity (Wildman–Crippen MR) is 152 cm³/mol. The van der Waals surface area contributed by atoms with Crippen LogP contribution in [0.2, 0.25) is 0 Å². The highest BCUT2D eigenvalue weighted by atomic mass is 19.1. The molecule has 1 fully saturated rings. The van der Waals surface area contributed by atoms with Gasteiger partial charge in [0, 0.05) is 29.8 Å². The molecule has 0 atom stereocenters. The number of halogens is 1. The Kier molecular flexibility index (Phi) is 7.11. The summed E-state index contributed by atoms with van der Waals surface area (Å²) < 4.78 is 14.9. The molecular weight excluding hydrogens is 523 g/mol. The lowest BCUT2D eigenvalue weighted by Gasteiger charge is -2.12. The zero-order valence-electron chi connectivity index (χ0n) is 22.0. The summed E-state index contributed by atoms with van der Waals surface area (Å²) in [5.74, 6) is -0.765. The molecule has 2 heterocycles. The average Bonchev–Trinajstić information content (AvgIpc) is 3.66. The molecule has 0 bridgehead atoms. The molecule has 2 amide bonds. The summed E-state index contributed by atoms with van der Waals surface area (Å²) in [6, 6.07) is 19.4. The molecule has 0 spiro atoms. The first-order valence-corrected chi connectivity index (χ1v) is 13.4. The number of carbonyl (C=O) groups excluding carboxylic acids is 2. The van der Waals surface area contributed by atoms with Crippen LogP contribution in [0.4, 0.5) is 14.9 Å². The minimum absolute atomic E-state index is 0.102. The number of phenolic OH excluding ortho intramolecular Hbond substituents is 1. The molecule has 2 aromatic heterocycles. The lowest BCUT2D eigenvalue weighted by Crippen LogP contribution is -2.30. The monoisotopic (exact) mass is 550 g/mol. The molecule has 3 N–H and O–H groups in total. The van der Waals surface area contributed by atoms with Crippen LogP contribution in [0.3, 0.4) is 0 Å². The van der Waals surface area contributed by atoms with E-state index in [1.54, 1.807) is 30.3 Å². The van der Waals surface area contributed by atoms with Crippen molar-refractivity contribution >= 4 is 28.7 Å². The van der Waals surface area contributed by atoms with E-state index in [1.165, 1.54) is 29.1 Å². The molecule has 0 radical (unpaired) electrons. The Labute approximate surface area is 235 Å². The lowest BCUT2D eigenvalue weighted by molar-refractivity contribution is 0.102. The Morgan fingerprint density at radius 3 is 2.56 bits per heavy atom. The number of anilines is 1. The average molecular weight is 551 g/mol. The number of aromatic hydroxyl groups is 1.